The van der Waals surface area contributed by atoms with Gasteiger partial charge in [0.25, 0.3) is 0 Å². The van der Waals surface area contributed by atoms with Gasteiger partial charge >= 0.3 is 0 Å². The first-order valence-corrected chi connectivity index (χ1v) is 22.4. The van der Waals surface area contributed by atoms with Gasteiger partial charge in [0.2, 0.25) is 0 Å². The lowest BCUT2D eigenvalue weighted by molar-refractivity contribution is 0.669. The van der Waals surface area contributed by atoms with Crippen molar-refractivity contribution in [2.24, 2.45) is 0 Å². The van der Waals surface area contributed by atoms with Gasteiger partial charge in [0, 0.05) is 52.8 Å². The van der Waals surface area contributed by atoms with Crippen molar-refractivity contribution >= 4 is 140 Å². The van der Waals surface area contributed by atoms with Crippen molar-refractivity contribution in [1.82, 2.24) is 0 Å². The van der Waals surface area contributed by atoms with E-state index in [1.807, 2.05) is 23.5 Å². The van der Waals surface area contributed by atoms with E-state index < -0.39 is 0 Å². The van der Waals surface area contributed by atoms with Gasteiger partial charge in [-0.25, -0.2) is 0 Å². The van der Waals surface area contributed by atoms with Gasteiger partial charge in [-0.2, -0.15) is 0 Å². The molecule has 0 aliphatic rings. The Morgan fingerprint density at radius 1 is 0.238 bits per heavy atom. The molecule has 15 rings (SSSR count). The second-order valence-corrected chi connectivity index (χ2v) is 18.1. The SMILES string of the molecule is c1ccc2c(c1)oc1c(-c3ccc4c(c3)c3ccccc3c3cc5c(cc43)sc3cc4c6ccc(-c7cccc8c7oc7ccccc78)cc6c6ccccc6c4cc35)cccc12. The molecule has 0 radical (unpaired) electrons. The fraction of sp³-hybridized carbons (Fsp3) is 0. The van der Waals surface area contributed by atoms with Crippen LogP contribution >= 0.6 is 11.3 Å². The average Bonchev–Trinajstić information content (AvgIpc) is 4.03. The summed E-state index contributed by atoms with van der Waals surface area (Å²) < 4.78 is 15.6. The lowest BCUT2D eigenvalue weighted by atomic mass is 9.90. The first-order chi connectivity index (χ1) is 31.2. The number of rotatable bonds is 2. The predicted octanol–water partition coefficient (Wildman–Crippen LogP) is 18.1. The van der Waals surface area contributed by atoms with Crippen LogP contribution in [0.1, 0.15) is 0 Å². The molecule has 3 heterocycles. The number of hydrogen-bond acceptors (Lipinski definition) is 3. The van der Waals surface area contributed by atoms with Gasteiger partial charge in [-0.05, 0) is 124 Å². The fourth-order valence-corrected chi connectivity index (χ4v) is 12.1. The van der Waals surface area contributed by atoms with E-state index in [0.717, 1.165) is 66.1 Å². The third-order valence-electron chi connectivity index (χ3n) is 13.8. The summed E-state index contributed by atoms with van der Waals surface area (Å²) in [5.74, 6) is 0. The maximum absolute atomic E-state index is 6.51. The van der Waals surface area contributed by atoms with Crippen molar-refractivity contribution < 1.29 is 8.83 Å². The summed E-state index contributed by atoms with van der Waals surface area (Å²) in [5, 5.41) is 22.4. The van der Waals surface area contributed by atoms with Crippen molar-refractivity contribution in [1.29, 1.82) is 0 Å². The summed E-state index contributed by atoms with van der Waals surface area (Å²) in [6.45, 7) is 0. The van der Waals surface area contributed by atoms with Crippen LogP contribution in [0.15, 0.2) is 203 Å². The zero-order chi connectivity index (χ0) is 40.9. The van der Waals surface area contributed by atoms with Crippen molar-refractivity contribution in [2.75, 3.05) is 0 Å². The van der Waals surface area contributed by atoms with Crippen LogP contribution in [-0.2, 0) is 0 Å². The molecule has 0 saturated carbocycles. The molecule has 0 aliphatic carbocycles. The van der Waals surface area contributed by atoms with Crippen LogP contribution in [0.5, 0.6) is 0 Å². The van der Waals surface area contributed by atoms with E-state index in [-0.39, 0.29) is 0 Å². The van der Waals surface area contributed by atoms with Gasteiger partial charge < -0.3 is 8.83 Å². The summed E-state index contributed by atoms with van der Waals surface area (Å²) in [4.78, 5) is 0. The van der Waals surface area contributed by atoms with Crippen LogP contribution in [0, 0.1) is 0 Å². The zero-order valence-corrected chi connectivity index (χ0v) is 34.5. The average molecular weight is 817 g/mol. The highest BCUT2D eigenvalue weighted by molar-refractivity contribution is 7.26. The van der Waals surface area contributed by atoms with Crippen LogP contribution in [-0.4, -0.2) is 0 Å². The van der Waals surface area contributed by atoms with Gasteiger partial charge in [-0.15, -0.1) is 11.3 Å². The molecule has 63 heavy (non-hydrogen) atoms. The van der Waals surface area contributed by atoms with Crippen molar-refractivity contribution in [2.45, 2.75) is 0 Å². The summed E-state index contributed by atoms with van der Waals surface area (Å²) in [6.07, 6.45) is 0. The number of furan rings is 2. The first kappa shape index (κ1) is 33.7. The highest BCUT2D eigenvalue weighted by atomic mass is 32.1. The van der Waals surface area contributed by atoms with E-state index in [1.54, 1.807) is 0 Å². The zero-order valence-electron chi connectivity index (χ0n) is 33.7. The number of fused-ring (bicyclic) bond motifs is 21. The maximum atomic E-state index is 6.51. The molecule has 0 amide bonds. The van der Waals surface area contributed by atoms with E-state index in [9.17, 15) is 0 Å². The molecule has 0 aliphatic heterocycles. The third-order valence-corrected chi connectivity index (χ3v) is 14.9. The molecular weight excluding hydrogens is 785 g/mol. The van der Waals surface area contributed by atoms with Crippen LogP contribution in [0.25, 0.3) is 151 Å². The Bertz CT molecular complexity index is 4220. The maximum Gasteiger partial charge on any atom is 0.143 e. The quantitative estimate of drug-likeness (QED) is 0.162. The molecule has 3 aromatic heterocycles. The molecule has 0 fully saturated rings. The second-order valence-electron chi connectivity index (χ2n) is 17.1. The third kappa shape index (κ3) is 4.61. The van der Waals surface area contributed by atoms with E-state index in [2.05, 4.69) is 182 Å². The Morgan fingerprint density at radius 2 is 0.587 bits per heavy atom. The molecule has 290 valence electrons. The number of para-hydroxylation sites is 4. The minimum Gasteiger partial charge on any atom is -0.455 e. The molecule has 12 aromatic carbocycles. The number of thiophene rings is 1. The largest absolute Gasteiger partial charge is 0.455 e. The molecule has 0 unspecified atom stereocenters. The molecule has 15 aromatic rings. The summed E-state index contributed by atoms with van der Waals surface area (Å²) in [7, 11) is 0. The van der Waals surface area contributed by atoms with Crippen molar-refractivity contribution in [3.63, 3.8) is 0 Å². The van der Waals surface area contributed by atoms with E-state index in [1.165, 1.54) is 84.8 Å². The lowest BCUT2D eigenvalue weighted by Gasteiger charge is -2.13. The van der Waals surface area contributed by atoms with Crippen LogP contribution in [0.4, 0.5) is 0 Å². The van der Waals surface area contributed by atoms with Gasteiger partial charge in [-0.3, -0.25) is 0 Å². The summed E-state index contributed by atoms with van der Waals surface area (Å²) >= 11 is 1.90. The second kappa shape index (κ2) is 12.3. The number of benzene rings is 12. The molecular formula is C60H32O2S. The van der Waals surface area contributed by atoms with E-state index >= 15 is 0 Å². The monoisotopic (exact) mass is 816 g/mol. The highest BCUT2D eigenvalue weighted by Gasteiger charge is 2.19. The molecule has 0 spiro atoms. The van der Waals surface area contributed by atoms with Crippen LogP contribution in [0.2, 0.25) is 0 Å². The first-order valence-electron chi connectivity index (χ1n) is 21.6. The molecule has 0 N–H and O–H groups in total. The van der Waals surface area contributed by atoms with E-state index in [4.69, 9.17) is 8.83 Å². The Balaban J connectivity index is 0.953. The number of hydrogen-bond donors (Lipinski definition) is 0. The Hall–Kier alpha value is -7.98. The van der Waals surface area contributed by atoms with Crippen LogP contribution < -0.4 is 0 Å². The summed E-state index contributed by atoms with van der Waals surface area (Å²) in [5.41, 5.74) is 8.24. The van der Waals surface area contributed by atoms with Gasteiger partial charge in [0.1, 0.15) is 22.3 Å². The Morgan fingerprint density at radius 3 is 1.03 bits per heavy atom. The van der Waals surface area contributed by atoms with Gasteiger partial charge in [0.05, 0.1) is 0 Å². The minimum atomic E-state index is 0.918. The Labute approximate surface area is 363 Å². The Kier molecular flexibility index (Phi) is 6.59. The smallest absolute Gasteiger partial charge is 0.143 e. The lowest BCUT2D eigenvalue weighted by Crippen LogP contribution is -1.86. The van der Waals surface area contributed by atoms with E-state index in [0.29, 0.717) is 0 Å². The molecule has 2 nitrogen and oxygen atoms in total. The molecule has 0 bridgehead atoms. The standard InChI is InChI=1S/C60H32O2S/c1-3-13-39-37(11-1)47-27-33(35-17-9-19-45-43-15-5-7-21-55(43)61-59(35)45)23-25-41(47)51-31-57-53(29-49(39)51)54-30-50-40-14-4-2-12-38(40)48-28-34(24-26-42(48)52(50)32-58(54)63-57)36-18-10-20-46-44-16-6-8-22-56(44)62-60(36)46/h1-32H. The van der Waals surface area contributed by atoms with Gasteiger partial charge in [0.15, 0.2) is 0 Å². The summed E-state index contributed by atoms with van der Waals surface area (Å²) in [6, 6.07) is 71.3. The van der Waals surface area contributed by atoms with Crippen molar-refractivity contribution in [3.8, 4) is 22.3 Å². The van der Waals surface area contributed by atoms with Gasteiger partial charge in [-0.1, -0.05) is 146 Å². The molecule has 0 saturated heterocycles. The molecule has 0 atom stereocenters. The predicted molar refractivity (Wildman–Crippen MR) is 270 cm³/mol. The fourth-order valence-electron chi connectivity index (χ4n) is 11.0. The molecule has 3 heteroatoms. The van der Waals surface area contributed by atoms with Crippen LogP contribution in [0.3, 0.4) is 0 Å². The van der Waals surface area contributed by atoms with Crippen molar-refractivity contribution in [3.05, 3.63) is 194 Å². The highest BCUT2D eigenvalue weighted by Crippen LogP contribution is 2.47. The normalized spacial score (nSPS) is 12.4. The minimum absolute atomic E-state index is 0.918. The topological polar surface area (TPSA) is 26.3 Å².